The summed E-state index contributed by atoms with van der Waals surface area (Å²) in [5, 5.41) is 2.75. The quantitative estimate of drug-likeness (QED) is 0.610. The molecule has 1 aromatic carbocycles. The molecule has 26 heavy (non-hydrogen) atoms. The Labute approximate surface area is 158 Å². The van der Waals surface area contributed by atoms with Crippen LogP contribution in [0.5, 0.6) is 0 Å². The van der Waals surface area contributed by atoms with Crippen LogP contribution in [0.4, 0.5) is 0 Å². The van der Waals surface area contributed by atoms with E-state index in [4.69, 9.17) is 0 Å². The van der Waals surface area contributed by atoms with Gasteiger partial charge in [0.25, 0.3) is 0 Å². The third kappa shape index (κ3) is 6.72. The Kier molecular flexibility index (Phi) is 8.59. The number of hydrogen-bond acceptors (Lipinski definition) is 3. The lowest BCUT2D eigenvalue weighted by Gasteiger charge is -2.15. The molecule has 6 heteroatoms. The lowest BCUT2D eigenvalue weighted by molar-refractivity contribution is -0.122. The molecule has 1 heterocycles. The fourth-order valence-electron chi connectivity index (χ4n) is 3.25. The standard InChI is InChI=1S/C20H32N2O3S/c1-2-3-4-5-6-7-10-17-12-14-18(15-13-17)26(24,25)22-19-11-8-9-16-21-20(19)23/h12-15,19,22H,2-11,16H2,1H3,(H,21,23)/t19-/m0/s1. The molecule has 5 nitrogen and oxygen atoms in total. The first-order valence-electron chi connectivity index (χ1n) is 9.92. The molecule has 1 aliphatic heterocycles. The van der Waals surface area contributed by atoms with Crippen molar-refractivity contribution in [1.29, 1.82) is 0 Å². The van der Waals surface area contributed by atoms with Crippen molar-refractivity contribution in [2.75, 3.05) is 6.54 Å². The van der Waals surface area contributed by atoms with Gasteiger partial charge in [-0.3, -0.25) is 4.79 Å². The highest BCUT2D eigenvalue weighted by Gasteiger charge is 2.26. The van der Waals surface area contributed by atoms with Crippen molar-refractivity contribution in [2.24, 2.45) is 0 Å². The number of hydrogen-bond donors (Lipinski definition) is 2. The summed E-state index contributed by atoms with van der Waals surface area (Å²) in [5.74, 6) is -0.231. The fraction of sp³-hybridized carbons (Fsp3) is 0.650. The van der Waals surface area contributed by atoms with Gasteiger partial charge in [0.15, 0.2) is 0 Å². The third-order valence-corrected chi connectivity index (χ3v) is 6.37. The van der Waals surface area contributed by atoms with Gasteiger partial charge in [0.2, 0.25) is 15.9 Å². The SMILES string of the molecule is CCCCCCCCc1ccc(S(=O)(=O)N[C@H]2CCCCNC2=O)cc1. The second-order valence-electron chi connectivity index (χ2n) is 7.12. The van der Waals surface area contributed by atoms with E-state index in [1.54, 1.807) is 12.1 Å². The molecule has 0 saturated carbocycles. The number of aryl methyl sites for hydroxylation is 1. The monoisotopic (exact) mass is 380 g/mol. The van der Waals surface area contributed by atoms with Gasteiger partial charge in [-0.2, -0.15) is 4.72 Å². The molecule has 1 fully saturated rings. The van der Waals surface area contributed by atoms with Crippen molar-refractivity contribution < 1.29 is 13.2 Å². The molecule has 1 aliphatic rings. The van der Waals surface area contributed by atoms with E-state index >= 15 is 0 Å². The number of unbranched alkanes of at least 4 members (excludes halogenated alkanes) is 5. The topological polar surface area (TPSA) is 75.3 Å². The predicted molar refractivity (Wildman–Crippen MR) is 104 cm³/mol. The number of carbonyl (C=O) groups excluding carboxylic acids is 1. The highest BCUT2D eigenvalue weighted by Crippen LogP contribution is 2.16. The van der Waals surface area contributed by atoms with E-state index in [1.807, 2.05) is 12.1 Å². The van der Waals surface area contributed by atoms with Gasteiger partial charge in [0, 0.05) is 6.54 Å². The van der Waals surface area contributed by atoms with E-state index in [9.17, 15) is 13.2 Å². The molecule has 0 aliphatic carbocycles. The third-order valence-electron chi connectivity index (χ3n) is 4.89. The number of rotatable bonds is 10. The largest absolute Gasteiger partial charge is 0.355 e. The van der Waals surface area contributed by atoms with E-state index < -0.39 is 16.1 Å². The second kappa shape index (κ2) is 10.7. The van der Waals surface area contributed by atoms with Crippen molar-refractivity contribution >= 4 is 15.9 Å². The minimum absolute atomic E-state index is 0.223. The van der Waals surface area contributed by atoms with Gasteiger partial charge < -0.3 is 5.32 Å². The maximum atomic E-state index is 12.5. The van der Waals surface area contributed by atoms with Crippen molar-refractivity contribution in [3.05, 3.63) is 29.8 Å². The lowest BCUT2D eigenvalue weighted by Crippen LogP contribution is -2.45. The van der Waals surface area contributed by atoms with Crippen LogP contribution in [0.2, 0.25) is 0 Å². The van der Waals surface area contributed by atoms with Gasteiger partial charge in [-0.1, -0.05) is 51.2 Å². The molecule has 0 bridgehead atoms. The smallest absolute Gasteiger partial charge is 0.241 e. The molecule has 0 aromatic heterocycles. The molecular weight excluding hydrogens is 348 g/mol. The van der Waals surface area contributed by atoms with Crippen LogP contribution in [-0.2, 0) is 21.2 Å². The first kappa shape index (κ1) is 20.9. The van der Waals surface area contributed by atoms with Crippen molar-refractivity contribution in [3.8, 4) is 0 Å². The minimum Gasteiger partial charge on any atom is -0.355 e. The first-order chi connectivity index (χ1) is 12.5. The van der Waals surface area contributed by atoms with Gasteiger partial charge >= 0.3 is 0 Å². The van der Waals surface area contributed by atoms with Crippen LogP contribution in [0.3, 0.4) is 0 Å². The van der Waals surface area contributed by atoms with Crippen LogP contribution in [0.1, 0.15) is 70.3 Å². The van der Waals surface area contributed by atoms with Crippen LogP contribution in [0, 0.1) is 0 Å². The van der Waals surface area contributed by atoms with E-state index in [0.717, 1.165) is 31.2 Å². The predicted octanol–water partition coefficient (Wildman–Crippen LogP) is 3.54. The summed E-state index contributed by atoms with van der Waals surface area (Å²) in [4.78, 5) is 12.2. The van der Waals surface area contributed by atoms with Crippen LogP contribution in [-0.4, -0.2) is 26.9 Å². The number of amides is 1. The molecule has 1 amide bonds. The van der Waals surface area contributed by atoms with Crippen molar-refractivity contribution in [2.45, 2.75) is 82.1 Å². The van der Waals surface area contributed by atoms with Gasteiger partial charge in [-0.25, -0.2) is 8.42 Å². The highest BCUT2D eigenvalue weighted by molar-refractivity contribution is 7.89. The maximum absolute atomic E-state index is 12.5. The summed E-state index contributed by atoms with van der Waals surface area (Å²) in [7, 11) is -3.67. The van der Waals surface area contributed by atoms with E-state index in [2.05, 4.69) is 17.0 Å². The minimum atomic E-state index is -3.67. The first-order valence-corrected chi connectivity index (χ1v) is 11.4. The Morgan fingerprint density at radius 2 is 1.73 bits per heavy atom. The number of nitrogens with one attached hydrogen (secondary N) is 2. The zero-order chi connectivity index (χ0) is 18.8. The average Bonchev–Trinajstić information content (AvgIpc) is 2.83. The number of sulfonamides is 1. The van der Waals surface area contributed by atoms with Crippen molar-refractivity contribution in [1.82, 2.24) is 10.0 Å². The molecule has 1 saturated heterocycles. The lowest BCUT2D eigenvalue weighted by atomic mass is 10.1. The van der Waals surface area contributed by atoms with Crippen LogP contribution in [0.25, 0.3) is 0 Å². The summed E-state index contributed by atoms with van der Waals surface area (Å²) in [6.45, 7) is 2.83. The van der Waals surface area contributed by atoms with E-state index in [0.29, 0.717) is 13.0 Å². The van der Waals surface area contributed by atoms with E-state index in [1.165, 1.54) is 32.1 Å². The van der Waals surface area contributed by atoms with Gasteiger partial charge in [-0.05, 0) is 49.8 Å². The Balaban J connectivity index is 1.86. The molecule has 0 spiro atoms. The molecule has 146 valence electrons. The Hall–Kier alpha value is -1.40. The number of benzene rings is 1. The average molecular weight is 381 g/mol. The van der Waals surface area contributed by atoms with Crippen LogP contribution >= 0.6 is 0 Å². The van der Waals surface area contributed by atoms with Crippen LogP contribution in [0.15, 0.2) is 29.2 Å². The zero-order valence-electron chi connectivity index (χ0n) is 15.8. The summed E-state index contributed by atoms with van der Waals surface area (Å²) in [5.41, 5.74) is 1.16. The van der Waals surface area contributed by atoms with Crippen LogP contribution < -0.4 is 10.0 Å². The second-order valence-corrected chi connectivity index (χ2v) is 8.84. The Morgan fingerprint density at radius 3 is 2.46 bits per heavy atom. The fourth-order valence-corrected chi connectivity index (χ4v) is 4.48. The molecule has 0 unspecified atom stereocenters. The number of carbonyl (C=O) groups is 1. The summed E-state index contributed by atoms with van der Waals surface area (Å²) < 4.78 is 27.6. The molecule has 2 rings (SSSR count). The van der Waals surface area contributed by atoms with Crippen molar-refractivity contribution in [3.63, 3.8) is 0 Å². The summed E-state index contributed by atoms with van der Waals surface area (Å²) >= 11 is 0. The summed E-state index contributed by atoms with van der Waals surface area (Å²) in [6, 6.07) is 6.37. The summed E-state index contributed by atoms with van der Waals surface area (Å²) in [6.07, 6.45) is 10.7. The Bertz CT molecular complexity index is 656. The molecular formula is C20H32N2O3S. The molecule has 2 N–H and O–H groups in total. The van der Waals surface area contributed by atoms with Gasteiger partial charge in [0.05, 0.1) is 4.90 Å². The van der Waals surface area contributed by atoms with E-state index in [-0.39, 0.29) is 10.8 Å². The highest BCUT2D eigenvalue weighted by atomic mass is 32.2. The normalized spacial score (nSPS) is 18.3. The Morgan fingerprint density at radius 1 is 1.04 bits per heavy atom. The molecule has 1 atom stereocenters. The molecule has 0 radical (unpaired) electrons. The molecule has 1 aromatic rings. The zero-order valence-corrected chi connectivity index (χ0v) is 16.6. The van der Waals surface area contributed by atoms with Gasteiger partial charge in [0.1, 0.15) is 6.04 Å². The van der Waals surface area contributed by atoms with Gasteiger partial charge in [-0.15, -0.1) is 0 Å². The maximum Gasteiger partial charge on any atom is 0.241 e.